The van der Waals surface area contributed by atoms with E-state index in [0.29, 0.717) is 34.7 Å². The number of aromatic nitrogens is 2. The van der Waals surface area contributed by atoms with E-state index >= 15 is 0 Å². The van der Waals surface area contributed by atoms with E-state index in [1.165, 1.54) is 12.3 Å². The molecule has 0 aliphatic carbocycles. The van der Waals surface area contributed by atoms with Crippen LogP contribution < -0.4 is 25.6 Å². The molecule has 0 bridgehead atoms. The molecule has 1 amide bonds. The molecule has 1 aromatic heterocycles. The maximum atomic E-state index is 12.4. The van der Waals surface area contributed by atoms with Crippen molar-refractivity contribution >= 4 is 52.2 Å². The number of carbonyl (C=O) groups is 1. The van der Waals surface area contributed by atoms with E-state index < -0.39 is 0 Å². The monoisotopic (exact) mass is 600 g/mol. The van der Waals surface area contributed by atoms with Gasteiger partial charge in [-0.15, -0.1) is 0 Å². The number of hydrogen-bond acceptors (Lipinski definition) is 10. The molecule has 0 saturated carbocycles. The Morgan fingerprint density at radius 1 is 1.21 bits per heavy atom. The molecule has 43 heavy (non-hydrogen) atoms. The minimum absolute atomic E-state index is 0.0223. The van der Waals surface area contributed by atoms with Crippen molar-refractivity contribution < 1.29 is 9.53 Å². The maximum Gasteiger partial charge on any atom is 0.247 e. The van der Waals surface area contributed by atoms with Crippen molar-refractivity contribution in [2.45, 2.75) is 38.8 Å². The molecule has 1 aliphatic rings. The van der Waals surface area contributed by atoms with E-state index in [2.05, 4.69) is 61.7 Å². The number of benzene rings is 2. The molecule has 0 unspecified atom stereocenters. The number of para-hydroxylation sites is 2. The predicted octanol–water partition coefficient (Wildman–Crippen LogP) is 6.01. The Balaban J connectivity index is 1.55. The van der Waals surface area contributed by atoms with E-state index in [9.17, 15) is 10.1 Å². The third-order valence-electron chi connectivity index (χ3n) is 7.21. The zero-order valence-electron chi connectivity index (χ0n) is 25.3. The summed E-state index contributed by atoms with van der Waals surface area (Å²) in [4.78, 5) is 26.1. The molecule has 0 radical (unpaired) electrons. The largest absolute Gasteiger partial charge is 0.489 e. The van der Waals surface area contributed by atoms with Crippen molar-refractivity contribution in [1.29, 1.82) is 5.26 Å². The zero-order valence-corrected chi connectivity index (χ0v) is 26.1. The Labute approximate surface area is 258 Å². The van der Waals surface area contributed by atoms with Crippen LogP contribution in [-0.4, -0.2) is 71.6 Å². The van der Waals surface area contributed by atoms with E-state index in [1.54, 1.807) is 0 Å². The lowest BCUT2D eigenvalue weighted by Gasteiger charge is -2.38. The molecule has 2 heterocycles. The normalized spacial score (nSPS) is 13.5. The quantitative estimate of drug-likeness (QED) is 0.201. The minimum Gasteiger partial charge on any atom is -0.489 e. The van der Waals surface area contributed by atoms with Gasteiger partial charge in [-0.05, 0) is 76.4 Å². The Bertz CT molecular complexity index is 1450. The topological polar surface area (TPSA) is 118 Å². The van der Waals surface area contributed by atoms with Crippen molar-refractivity contribution in [3.63, 3.8) is 0 Å². The number of hydrogen-bond donors (Lipinski definition) is 3. The summed E-state index contributed by atoms with van der Waals surface area (Å²) >= 11 is 1.88. The summed E-state index contributed by atoms with van der Waals surface area (Å²) in [6, 6.07) is 16.1. The molecule has 0 spiro atoms. The standard InChI is InChI=1S/C32H40N8O2S/c1-6-30(41)35-28-19-25(40-15-13-24(14-16-40)39(4)17-18-43-5)11-12-26(28)37-32-34-21-23(20-33)31(38-32)36-27-9-7-8-10-29(27)42-22(2)3/h6-12,19,21-22,24H,1,13-18H2,2-5H3,(H,35,41)(H2,34,36,37,38). The number of nitriles is 1. The smallest absolute Gasteiger partial charge is 0.247 e. The lowest BCUT2D eigenvalue weighted by Crippen LogP contribution is -2.44. The van der Waals surface area contributed by atoms with Gasteiger partial charge in [0.05, 0.1) is 29.4 Å². The van der Waals surface area contributed by atoms with Crippen LogP contribution in [0.3, 0.4) is 0 Å². The first-order valence-corrected chi connectivity index (χ1v) is 15.8. The van der Waals surface area contributed by atoms with E-state index in [0.717, 1.165) is 43.9 Å². The van der Waals surface area contributed by atoms with E-state index in [1.807, 2.05) is 68.1 Å². The van der Waals surface area contributed by atoms with Crippen LogP contribution >= 0.6 is 11.8 Å². The summed E-state index contributed by atoms with van der Waals surface area (Å²) in [7, 11) is 2.21. The average Bonchev–Trinajstić information content (AvgIpc) is 3.01. The number of nitrogens with zero attached hydrogens (tertiary/aromatic N) is 5. The lowest BCUT2D eigenvalue weighted by molar-refractivity contribution is -0.111. The number of carbonyl (C=O) groups excluding carboxylic acids is 1. The maximum absolute atomic E-state index is 12.4. The van der Waals surface area contributed by atoms with Gasteiger partial charge in [0.2, 0.25) is 11.9 Å². The number of nitrogens with one attached hydrogen (secondary N) is 3. The fourth-order valence-corrected chi connectivity index (χ4v) is 5.37. The van der Waals surface area contributed by atoms with Crippen LogP contribution in [-0.2, 0) is 4.79 Å². The molecule has 1 fully saturated rings. The van der Waals surface area contributed by atoms with E-state index in [-0.39, 0.29) is 23.5 Å². The van der Waals surface area contributed by atoms with Gasteiger partial charge < -0.3 is 30.5 Å². The number of thioether (sulfide) groups is 1. The summed E-state index contributed by atoms with van der Waals surface area (Å²) in [6.07, 6.45) is 6.98. The Kier molecular flexibility index (Phi) is 11.2. The molecular weight excluding hydrogens is 560 g/mol. The van der Waals surface area contributed by atoms with Crippen LogP contribution in [0.1, 0.15) is 32.3 Å². The molecule has 3 N–H and O–H groups in total. The number of piperidine rings is 1. The number of rotatable bonds is 13. The molecule has 2 aromatic carbocycles. The van der Waals surface area contributed by atoms with Crippen LogP contribution in [0.4, 0.5) is 34.5 Å². The highest BCUT2D eigenvalue weighted by molar-refractivity contribution is 7.98. The van der Waals surface area contributed by atoms with Gasteiger partial charge in [0.1, 0.15) is 17.4 Å². The van der Waals surface area contributed by atoms with Crippen LogP contribution in [0.2, 0.25) is 0 Å². The molecule has 0 atom stereocenters. The van der Waals surface area contributed by atoms with Crippen LogP contribution in [0.5, 0.6) is 5.75 Å². The molecule has 1 aliphatic heterocycles. The van der Waals surface area contributed by atoms with Crippen LogP contribution in [0, 0.1) is 11.3 Å². The summed E-state index contributed by atoms with van der Waals surface area (Å²) in [5.74, 6) is 2.06. The first-order chi connectivity index (χ1) is 20.8. The Morgan fingerprint density at radius 3 is 2.67 bits per heavy atom. The zero-order chi connectivity index (χ0) is 30.8. The predicted molar refractivity (Wildman–Crippen MR) is 177 cm³/mol. The van der Waals surface area contributed by atoms with Gasteiger partial charge in [0.15, 0.2) is 5.82 Å². The van der Waals surface area contributed by atoms with Gasteiger partial charge in [0.25, 0.3) is 0 Å². The van der Waals surface area contributed by atoms with Gasteiger partial charge in [0, 0.05) is 37.1 Å². The highest BCUT2D eigenvalue weighted by Gasteiger charge is 2.23. The summed E-state index contributed by atoms with van der Waals surface area (Å²) in [5, 5.41) is 19.1. The van der Waals surface area contributed by atoms with Crippen molar-refractivity contribution in [3.8, 4) is 11.8 Å². The summed E-state index contributed by atoms with van der Waals surface area (Å²) in [6.45, 7) is 10.5. The fourth-order valence-electron chi connectivity index (χ4n) is 4.90. The second kappa shape index (κ2) is 15.3. The van der Waals surface area contributed by atoms with E-state index in [4.69, 9.17) is 4.74 Å². The minimum atomic E-state index is -0.320. The van der Waals surface area contributed by atoms with Gasteiger partial charge in [-0.25, -0.2) is 4.98 Å². The van der Waals surface area contributed by atoms with Crippen molar-refractivity contribution in [1.82, 2.24) is 14.9 Å². The second-order valence-electron chi connectivity index (χ2n) is 10.6. The van der Waals surface area contributed by atoms with Crippen LogP contribution in [0.15, 0.2) is 61.3 Å². The first kappa shape index (κ1) is 31.7. The summed E-state index contributed by atoms with van der Waals surface area (Å²) in [5.41, 5.74) is 3.19. The highest BCUT2D eigenvalue weighted by atomic mass is 32.2. The van der Waals surface area contributed by atoms with Gasteiger partial charge in [-0.1, -0.05) is 18.7 Å². The van der Waals surface area contributed by atoms with Crippen molar-refractivity contribution in [3.05, 3.63) is 66.9 Å². The molecular formula is C32H40N8O2S. The third kappa shape index (κ3) is 8.63. The lowest BCUT2D eigenvalue weighted by atomic mass is 10.0. The molecule has 11 heteroatoms. The molecule has 1 saturated heterocycles. The highest BCUT2D eigenvalue weighted by Crippen LogP contribution is 2.33. The fraction of sp³-hybridized carbons (Fsp3) is 0.375. The number of ether oxygens (including phenoxy) is 1. The van der Waals surface area contributed by atoms with Gasteiger partial charge >= 0.3 is 0 Å². The SMILES string of the molecule is C=CC(=O)Nc1cc(N2CCC(N(C)CCSC)CC2)ccc1Nc1ncc(C#N)c(Nc2ccccc2OC(C)C)n1. The molecule has 3 aromatic rings. The summed E-state index contributed by atoms with van der Waals surface area (Å²) < 4.78 is 5.91. The molecule has 4 rings (SSSR count). The number of amides is 1. The number of anilines is 6. The second-order valence-corrected chi connectivity index (χ2v) is 11.6. The Hall–Kier alpha value is -4.27. The van der Waals surface area contributed by atoms with Gasteiger partial charge in [-0.2, -0.15) is 22.0 Å². The van der Waals surface area contributed by atoms with Crippen molar-refractivity contribution in [2.75, 3.05) is 59.5 Å². The first-order valence-electron chi connectivity index (χ1n) is 14.4. The molecule has 10 nitrogen and oxygen atoms in total. The van der Waals surface area contributed by atoms with Gasteiger partial charge in [-0.3, -0.25) is 4.79 Å². The average molecular weight is 601 g/mol. The molecule has 226 valence electrons. The van der Waals surface area contributed by atoms with Crippen LogP contribution in [0.25, 0.3) is 0 Å². The van der Waals surface area contributed by atoms with Crippen molar-refractivity contribution in [2.24, 2.45) is 0 Å². The third-order valence-corrected chi connectivity index (χ3v) is 7.80. The Morgan fingerprint density at radius 2 is 1.98 bits per heavy atom.